The van der Waals surface area contributed by atoms with Crippen molar-refractivity contribution in [3.8, 4) is 0 Å². The van der Waals surface area contributed by atoms with Crippen LogP contribution in [0.5, 0.6) is 0 Å². The summed E-state index contributed by atoms with van der Waals surface area (Å²) in [7, 11) is 8.05. The maximum atomic E-state index is 13.2. The Labute approximate surface area is 323 Å². The maximum Gasteiger partial charge on any atom is 0.372 e. The topological polar surface area (TPSA) is 275 Å². The van der Waals surface area contributed by atoms with E-state index in [0.29, 0.717) is 30.0 Å². The smallest absolute Gasteiger partial charge is 0.372 e. The van der Waals surface area contributed by atoms with Gasteiger partial charge in [0.15, 0.2) is 17.5 Å². The van der Waals surface area contributed by atoms with E-state index in [-0.39, 0.29) is 54.1 Å². The number of amides is 6. The second-order valence-electron chi connectivity index (χ2n) is 13.7. The molecule has 5 aromatic rings. The van der Waals surface area contributed by atoms with Gasteiger partial charge in [-0.1, -0.05) is 0 Å². The Morgan fingerprint density at radius 1 is 0.632 bits per heavy atom. The third kappa shape index (κ3) is 9.24. The average Bonchev–Trinajstić information content (AvgIpc) is 3.61. The lowest BCUT2D eigenvalue weighted by Crippen LogP contribution is -2.40. The molecule has 1 aliphatic rings. The highest BCUT2D eigenvalue weighted by Crippen LogP contribution is 2.39. The number of carbonyl (C=O) groups excluding carboxylic acids is 6. The first-order valence-electron chi connectivity index (χ1n) is 17.4. The van der Waals surface area contributed by atoms with Crippen LogP contribution in [0.4, 0.5) is 28.8 Å². The summed E-state index contributed by atoms with van der Waals surface area (Å²) in [5.41, 5.74) is 0.157. The Balaban J connectivity index is 0.966. The first kappa shape index (κ1) is 39.2. The van der Waals surface area contributed by atoms with Crippen molar-refractivity contribution in [2.75, 3.05) is 26.6 Å². The summed E-state index contributed by atoms with van der Waals surface area (Å²) < 4.78 is 7.38. The second kappa shape index (κ2) is 15.7. The lowest BCUT2D eigenvalue weighted by molar-refractivity contribution is -0.121. The van der Waals surface area contributed by atoms with Crippen LogP contribution in [-0.4, -0.2) is 89.8 Å². The average molecular weight is 785 g/mol. The van der Waals surface area contributed by atoms with Crippen LogP contribution in [0.1, 0.15) is 74.4 Å². The fourth-order valence-electron chi connectivity index (χ4n) is 5.97. The van der Waals surface area contributed by atoms with Crippen LogP contribution in [0, 0.1) is 0 Å². The molecule has 0 saturated heterocycles. The predicted molar refractivity (Wildman–Crippen MR) is 202 cm³/mol. The summed E-state index contributed by atoms with van der Waals surface area (Å²) in [6, 6.07) is 3.04. The first-order chi connectivity index (χ1) is 27.0. The molecule has 1 fully saturated rings. The molecule has 0 aromatic carbocycles. The quantitative estimate of drug-likeness (QED) is 0.0797. The summed E-state index contributed by atoms with van der Waals surface area (Å²) in [6.07, 6.45) is 9.83. The van der Waals surface area contributed by atoms with Crippen LogP contribution in [0.2, 0.25) is 0 Å². The molecule has 5 heterocycles. The highest BCUT2D eigenvalue weighted by atomic mass is 16.4. The van der Waals surface area contributed by atoms with Gasteiger partial charge in [-0.05, 0) is 18.9 Å². The number of nitrogens with one attached hydrogen (secondary N) is 6. The van der Waals surface area contributed by atoms with Gasteiger partial charge in [0, 0.05) is 96.9 Å². The van der Waals surface area contributed by atoms with Crippen molar-refractivity contribution in [3.63, 3.8) is 0 Å². The Hall–Kier alpha value is -7.52. The fraction of sp³-hybridized carbons (Fsp3) is 0.314. The van der Waals surface area contributed by atoms with E-state index in [1.54, 1.807) is 55.8 Å². The summed E-state index contributed by atoms with van der Waals surface area (Å²) in [6.45, 7) is 0. The molecule has 0 atom stereocenters. The van der Waals surface area contributed by atoms with Gasteiger partial charge in [0.25, 0.3) is 17.7 Å². The molecule has 6 rings (SSSR count). The van der Waals surface area contributed by atoms with Crippen LogP contribution in [-0.2, 0) is 49.6 Å². The van der Waals surface area contributed by atoms with Crippen LogP contribution < -0.4 is 31.9 Å². The number of aromatic carboxylic acids is 1. The number of nitrogens with zero attached hydrogens (tertiary/aromatic N) is 8. The molecule has 5 aromatic heterocycles. The van der Waals surface area contributed by atoms with Crippen LogP contribution in [0.25, 0.3) is 0 Å². The van der Waals surface area contributed by atoms with Gasteiger partial charge in [0.2, 0.25) is 29.4 Å². The largest absolute Gasteiger partial charge is 0.475 e. The van der Waals surface area contributed by atoms with E-state index in [4.69, 9.17) is 0 Å². The molecule has 0 spiro atoms. The molecule has 0 radical (unpaired) electrons. The molecule has 22 nitrogen and oxygen atoms in total. The molecule has 57 heavy (non-hydrogen) atoms. The number of carbonyl (C=O) groups is 7. The number of anilines is 5. The highest BCUT2D eigenvalue weighted by Gasteiger charge is 2.46. The van der Waals surface area contributed by atoms with Crippen molar-refractivity contribution in [3.05, 3.63) is 72.5 Å². The van der Waals surface area contributed by atoms with Crippen LogP contribution in [0.15, 0.2) is 49.3 Å². The van der Waals surface area contributed by atoms with Crippen molar-refractivity contribution in [1.29, 1.82) is 0 Å². The molecule has 6 amide bonds. The van der Waals surface area contributed by atoms with E-state index in [1.165, 1.54) is 51.6 Å². The van der Waals surface area contributed by atoms with Gasteiger partial charge in [-0.2, -0.15) is 0 Å². The van der Waals surface area contributed by atoms with Gasteiger partial charge in [-0.25, -0.2) is 19.7 Å². The van der Waals surface area contributed by atoms with Gasteiger partial charge in [-0.15, -0.1) is 0 Å². The van der Waals surface area contributed by atoms with Crippen molar-refractivity contribution in [2.24, 2.45) is 35.2 Å². The molecule has 0 unspecified atom stereocenters. The molecular weight excluding hydrogens is 744 g/mol. The Kier molecular flexibility index (Phi) is 10.8. The zero-order chi connectivity index (χ0) is 41.2. The molecule has 1 aliphatic carbocycles. The highest BCUT2D eigenvalue weighted by molar-refractivity contribution is 6.05. The van der Waals surface area contributed by atoms with Crippen molar-refractivity contribution >= 4 is 70.2 Å². The number of rotatable bonds is 15. The van der Waals surface area contributed by atoms with Gasteiger partial charge < -0.3 is 59.8 Å². The lowest BCUT2D eigenvalue weighted by atomic mass is 10.1. The van der Waals surface area contributed by atoms with E-state index in [0.717, 1.165) is 0 Å². The van der Waals surface area contributed by atoms with E-state index in [1.807, 2.05) is 0 Å². The van der Waals surface area contributed by atoms with E-state index < -0.39 is 47.0 Å². The van der Waals surface area contributed by atoms with Crippen molar-refractivity contribution < 1.29 is 38.7 Å². The molecule has 0 aliphatic heterocycles. The van der Waals surface area contributed by atoms with Crippen molar-refractivity contribution in [1.82, 2.24) is 43.1 Å². The summed E-state index contributed by atoms with van der Waals surface area (Å²) >= 11 is 0. The number of imidazole rings is 3. The minimum absolute atomic E-state index is 0.0428. The Bertz CT molecular complexity index is 2420. The summed E-state index contributed by atoms with van der Waals surface area (Å²) in [5, 5.41) is 25.4. The number of hydrogen-bond donors (Lipinski definition) is 7. The Morgan fingerprint density at radius 3 is 1.79 bits per heavy atom. The molecule has 22 heteroatoms. The maximum absolute atomic E-state index is 13.2. The van der Waals surface area contributed by atoms with Crippen molar-refractivity contribution in [2.45, 2.75) is 37.6 Å². The SMILES string of the molecule is Cn1cc(NC(=O)c2nccn2C)cc1NC(=O)CCC(=O)Nc1cn(C)c(C(=O)Nc2cc(C(=O)NC3(CC(=O)Nc4cn(C)c(C(=O)O)n4)CC3)n(C)c2)n1. The number of aromatic nitrogens is 8. The normalized spacial score (nSPS) is 12.7. The van der Waals surface area contributed by atoms with Gasteiger partial charge in [0.1, 0.15) is 11.5 Å². The second-order valence-corrected chi connectivity index (χ2v) is 13.7. The third-order valence-electron chi connectivity index (χ3n) is 9.04. The zero-order valence-corrected chi connectivity index (χ0v) is 31.5. The van der Waals surface area contributed by atoms with Crippen LogP contribution >= 0.6 is 0 Å². The van der Waals surface area contributed by atoms with E-state index in [2.05, 4.69) is 46.9 Å². The van der Waals surface area contributed by atoms with Gasteiger partial charge in [-0.3, -0.25) is 28.8 Å². The lowest BCUT2D eigenvalue weighted by Gasteiger charge is -2.17. The molecule has 0 bridgehead atoms. The number of carboxylic acid groups (broad SMARTS) is 1. The summed E-state index contributed by atoms with van der Waals surface area (Å²) in [5.74, 6) is -3.64. The number of carboxylic acids is 1. The molecular formula is C35H40N14O8. The third-order valence-corrected chi connectivity index (χ3v) is 9.04. The van der Waals surface area contributed by atoms with Crippen LogP contribution in [0.3, 0.4) is 0 Å². The molecule has 1 saturated carbocycles. The minimum Gasteiger partial charge on any atom is -0.475 e. The molecule has 298 valence electrons. The van der Waals surface area contributed by atoms with E-state index >= 15 is 0 Å². The zero-order valence-electron chi connectivity index (χ0n) is 31.5. The molecule has 7 N–H and O–H groups in total. The summed E-state index contributed by atoms with van der Waals surface area (Å²) in [4.78, 5) is 100. The standard InChI is InChI=1S/C35H40N14O8/c1-45-11-10-36-28(45)32(54)38-20-13-24(47(3)16-20)43-26(51)7-6-25(50)39-22-17-48(4)29(41-22)33(55)37-19-12-21(46(2)15-19)31(53)44-35(8-9-35)14-27(52)40-23-18-49(5)30(42-23)34(56)57/h10-13,15-18H,6-9,14H2,1-5H3,(H,37,55)(H,38,54)(H,39,50)(H,40,52)(H,43,51)(H,44,53)(H,56,57). The van der Waals surface area contributed by atoms with E-state index in [9.17, 15) is 38.7 Å². The monoisotopic (exact) mass is 784 g/mol. The van der Waals surface area contributed by atoms with Gasteiger partial charge in [0.05, 0.1) is 17.8 Å². The fourth-order valence-corrected chi connectivity index (χ4v) is 5.97. The first-order valence-corrected chi connectivity index (χ1v) is 17.4. The minimum atomic E-state index is -1.24. The number of aryl methyl sites for hydroxylation is 5. The predicted octanol–water partition coefficient (Wildman–Crippen LogP) is 1.42. The Morgan fingerprint density at radius 2 is 1.19 bits per heavy atom. The van der Waals surface area contributed by atoms with Gasteiger partial charge >= 0.3 is 5.97 Å². The number of hydrogen-bond acceptors (Lipinski definition) is 10.